The van der Waals surface area contributed by atoms with Crippen molar-refractivity contribution < 1.29 is 14.7 Å². The van der Waals surface area contributed by atoms with Gasteiger partial charge in [0, 0.05) is 29.7 Å². The van der Waals surface area contributed by atoms with Crippen molar-refractivity contribution in [2.24, 2.45) is 5.92 Å². The quantitative estimate of drug-likeness (QED) is 0.727. The van der Waals surface area contributed by atoms with Gasteiger partial charge in [-0.15, -0.1) is 0 Å². The van der Waals surface area contributed by atoms with Crippen molar-refractivity contribution in [3.8, 4) is 0 Å². The molecule has 4 rings (SSSR count). The highest BCUT2D eigenvalue weighted by Crippen LogP contribution is 2.27. The maximum atomic E-state index is 12.9. The molecule has 2 atom stereocenters. The van der Waals surface area contributed by atoms with Crippen molar-refractivity contribution in [2.45, 2.75) is 31.8 Å². The molecule has 0 spiro atoms. The number of benzene rings is 2. The highest BCUT2D eigenvalue weighted by atomic mass is 16.4. The lowest BCUT2D eigenvalue weighted by Crippen LogP contribution is -2.33. The van der Waals surface area contributed by atoms with Crippen LogP contribution in [-0.2, 0) is 11.3 Å². The van der Waals surface area contributed by atoms with Crippen molar-refractivity contribution in [3.63, 3.8) is 0 Å². The Hall–Kier alpha value is -3.08. The van der Waals surface area contributed by atoms with Gasteiger partial charge in [-0.2, -0.15) is 0 Å². The predicted octanol–water partition coefficient (Wildman–Crippen LogP) is 3.67. The molecule has 0 radical (unpaired) electrons. The number of nitrogens with zero attached hydrogens (tertiary/aromatic N) is 1. The van der Waals surface area contributed by atoms with Gasteiger partial charge in [-0.3, -0.25) is 9.59 Å². The minimum atomic E-state index is -0.772. The van der Waals surface area contributed by atoms with Crippen LogP contribution in [-0.4, -0.2) is 27.6 Å². The number of hydrogen-bond donors (Lipinski definition) is 2. The summed E-state index contributed by atoms with van der Waals surface area (Å²) >= 11 is 0. The molecule has 0 bridgehead atoms. The van der Waals surface area contributed by atoms with Gasteiger partial charge in [0.15, 0.2) is 0 Å². The Balaban J connectivity index is 1.58. The van der Waals surface area contributed by atoms with E-state index in [1.165, 1.54) is 5.56 Å². The minimum Gasteiger partial charge on any atom is -0.481 e. The number of rotatable bonds is 5. The first-order valence-corrected chi connectivity index (χ1v) is 9.27. The Morgan fingerprint density at radius 1 is 1.04 bits per heavy atom. The zero-order valence-corrected chi connectivity index (χ0v) is 15.0. The SMILES string of the molecule is O=C(N[C@@H]1CC[C@H](C(=O)O)C1)c1cn(Cc2ccccc2)c2ccccc12. The first-order valence-electron chi connectivity index (χ1n) is 9.27. The smallest absolute Gasteiger partial charge is 0.306 e. The van der Waals surface area contributed by atoms with Crippen molar-refractivity contribution in [1.29, 1.82) is 0 Å². The van der Waals surface area contributed by atoms with E-state index < -0.39 is 5.97 Å². The van der Waals surface area contributed by atoms with E-state index in [1.54, 1.807) is 0 Å². The third kappa shape index (κ3) is 3.58. The molecule has 5 nitrogen and oxygen atoms in total. The molecule has 0 aliphatic heterocycles. The van der Waals surface area contributed by atoms with Gasteiger partial charge in [-0.1, -0.05) is 48.5 Å². The summed E-state index contributed by atoms with van der Waals surface area (Å²) in [4.78, 5) is 24.0. The number of hydrogen-bond acceptors (Lipinski definition) is 2. The molecule has 3 aromatic rings. The van der Waals surface area contributed by atoms with Crippen LogP contribution in [0.2, 0.25) is 0 Å². The fourth-order valence-electron chi connectivity index (χ4n) is 3.94. The lowest BCUT2D eigenvalue weighted by atomic mass is 10.1. The summed E-state index contributed by atoms with van der Waals surface area (Å²) in [5, 5.41) is 13.1. The average molecular weight is 362 g/mol. The van der Waals surface area contributed by atoms with E-state index in [-0.39, 0.29) is 17.9 Å². The lowest BCUT2D eigenvalue weighted by molar-refractivity contribution is -0.141. The van der Waals surface area contributed by atoms with E-state index >= 15 is 0 Å². The van der Waals surface area contributed by atoms with Crippen LogP contribution in [0.3, 0.4) is 0 Å². The van der Waals surface area contributed by atoms with E-state index in [0.29, 0.717) is 31.4 Å². The topological polar surface area (TPSA) is 71.3 Å². The van der Waals surface area contributed by atoms with Crippen LogP contribution in [0.15, 0.2) is 60.8 Å². The summed E-state index contributed by atoms with van der Waals surface area (Å²) in [7, 11) is 0. The molecule has 1 aliphatic rings. The molecular weight excluding hydrogens is 340 g/mol. The molecule has 1 aliphatic carbocycles. The summed E-state index contributed by atoms with van der Waals surface area (Å²) in [6.07, 6.45) is 3.74. The van der Waals surface area contributed by atoms with Gasteiger partial charge in [-0.25, -0.2) is 0 Å². The second-order valence-electron chi connectivity index (χ2n) is 7.19. The summed E-state index contributed by atoms with van der Waals surface area (Å²) in [5.74, 6) is -1.25. The Morgan fingerprint density at radius 3 is 2.52 bits per heavy atom. The normalized spacial score (nSPS) is 19.3. The van der Waals surface area contributed by atoms with Crippen LogP contribution in [0.4, 0.5) is 0 Å². The van der Waals surface area contributed by atoms with Crippen LogP contribution in [0.5, 0.6) is 0 Å². The van der Waals surface area contributed by atoms with Gasteiger partial charge in [0.05, 0.1) is 11.5 Å². The molecule has 138 valence electrons. The van der Waals surface area contributed by atoms with Gasteiger partial charge in [0.1, 0.15) is 0 Å². The van der Waals surface area contributed by atoms with E-state index in [1.807, 2.05) is 48.7 Å². The molecule has 5 heteroatoms. The molecule has 2 aromatic carbocycles. The van der Waals surface area contributed by atoms with Crippen molar-refractivity contribution in [3.05, 3.63) is 71.9 Å². The summed E-state index contributed by atoms with van der Waals surface area (Å²) in [6.45, 7) is 0.694. The monoisotopic (exact) mass is 362 g/mol. The fraction of sp³-hybridized carbons (Fsp3) is 0.273. The van der Waals surface area contributed by atoms with E-state index in [2.05, 4.69) is 22.0 Å². The zero-order valence-electron chi connectivity index (χ0n) is 15.0. The third-order valence-electron chi connectivity index (χ3n) is 5.35. The zero-order chi connectivity index (χ0) is 18.8. The van der Waals surface area contributed by atoms with Gasteiger partial charge >= 0.3 is 5.97 Å². The second-order valence-corrected chi connectivity index (χ2v) is 7.19. The van der Waals surface area contributed by atoms with Gasteiger partial charge in [-0.05, 0) is 30.9 Å². The number of nitrogens with one attached hydrogen (secondary N) is 1. The number of amides is 1. The molecule has 1 aromatic heterocycles. The lowest BCUT2D eigenvalue weighted by Gasteiger charge is -2.12. The molecule has 1 saturated carbocycles. The standard InChI is InChI=1S/C22H22N2O3/c25-21(23-17-11-10-16(12-17)22(26)27)19-14-24(13-15-6-2-1-3-7-15)20-9-5-4-8-18(19)20/h1-9,14,16-17H,10-13H2,(H,23,25)(H,26,27)/t16-,17+/m0/s1. The van der Waals surface area contributed by atoms with Gasteiger partial charge in [0.2, 0.25) is 0 Å². The maximum absolute atomic E-state index is 12.9. The number of carboxylic acids is 1. The molecule has 1 heterocycles. The van der Waals surface area contributed by atoms with Crippen LogP contribution in [0, 0.1) is 5.92 Å². The summed E-state index contributed by atoms with van der Waals surface area (Å²) < 4.78 is 2.09. The molecule has 1 amide bonds. The Kier molecular flexibility index (Phi) is 4.67. The van der Waals surface area contributed by atoms with Crippen LogP contribution < -0.4 is 5.32 Å². The second kappa shape index (κ2) is 7.27. The number of aromatic nitrogens is 1. The first-order chi connectivity index (χ1) is 13.1. The van der Waals surface area contributed by atoms with E-state index in [4.69, 9.17) is 5.11 Å². The number of carbonyl (C=O) groups excluding carboxylic acids is 1. The molecule has 1 fully saturated rings. The van der Waals surface area contributed by atoms with E-state index in [9.17, 15) is 9.59 Å². The highest BCUT2D eigenvalue weighted by Gasteiger charge is 2.31. The van der Waals surface area contributed by atoms with Crippen LogP contribution in [0.1, 0.15) is 35.2 Å². The predicted molar refractivity (Wildman–Crippen MR) is 104 cm³/mol. The number of carbonyl (C=O) groups is 2. The molecule has 27 heavy (non-hydrogen) atoms. The molecule has 0 unspecified atom stereocenters. The van der Waals surface area contributed by atoms with Crippen molar-refractivity contribution >= 4 is 22.8 Å². The van der Waals surface area contributed by atoms with E-state index in [0.717, 1.165) is 10.9 Å². The number of aliphatic carboxylic acids is 1. The first kappa shape index (κ1) is 17.3. The summed E-state index contributed by atoms with van der Waals surface area (Å²) in [5.41, 5.74) is 2.83. The molecule has 0 saturated heterocycles. The highest BCUT2D eigenvalue weighted by molar-refractivity contribution is 6.07. The minimum absolute atomic E-state index is 0.0742. The van der Waals surface area contributed by atoms with Gasteiger partial charge < -0.3 is 15.0 Å². The molecule has 2 N–H and O–H groups in total. The average Bonchev–Trinajstić information content (AvgIpc) is 3.28. The van der Waals surface area contributed by atoms with Crippen molar-refractivity contribution in [2.75, 3.05) is 0 Å². The number of carboxylic acid groups (broad SMARTS) is 1. The Morgan fingerprint density at radius 2 is 1.78 bits per heavy atom. The number of para-hydroxylation sites is 1. The maximum Gasteiger partial charge on any atom is 0.306 e. The third-order valence-corrected chi connectivity index (χ3v) is 5.35. The number of fused-ring (bicyclic) bond motifs is 1. The Labute approximate surface area is 157 Å². The summed E-state index contributed by atoms with van der Waals surface area (Å²) in [6, 6.07) is 17.9. The fourth-order valence-corrected chi connectivity index (χ4v) is 3.94. The largest absolute Gasteiger partial charge is 0.481 e. The van der Waals surface area contributed by atoms with Crippen molar-refractivity contribution in [1.82, 2.24) is 9.88 Å². The Bertz CT molecular complexity index is 978. The van der Waals surface area contributed by atoms with Crippen LogP contribution >= 0.6 is 0 Å². The van der Waals surface area contributed by atoms with Gasteiger partial charge in [0.25, 0.3) is 5.91 Å². The van der Waals surface area contributed by atoms with Crippen LogP contribution in [0.25, 0.3) is 10.9 Å². The molecular formula is C22H22N2O3.